The highest BCUT2D eigenvalue weighted by Crippen LogP contribution is 2.08. The van der Waals surface area contributed by atoms with E-state index in [1.165, 1.54) is 0 Å². The number of nitrogens with zero attached hydrogens (tertiary/aromatic N) is 2. The number of fused-ring (bicyclic) bond motifs is 1. The van der Waals surface area contributed by atoms with Crippen molar-refractivity contribution in [2.24, 2.45) is 0 Å². The van der Waals surface area contributed by atoms with Gasteiger partial charge in [0.15, 0.2) is 0 Å². The maximum absolute atomic E-state index is 5.21. The molecule has 0 unspecified atom stereocenters. The lowest BCUT2D eigenvalue weighted by molar-refractivity contribution is 1.32. The summed E-state index contributed by atoms with van der Waals surface area (Å²) in [6.45, 7) is 0. The highest BCUT2D eigenvalue weighted by Gasteiger charge is 1.94. The van der Waals surface area contributed by atoms with Gasteiger partial charge in [-0.15, -0.1) is 6.42 Å². The Morgan fingerprint density at radius 1 is 1.42 bits per heavy atom. The van der Waals surface area contributed by atoms with E-state index in [2.05, 4.69) is 22.1 Å². The van der Waals surface area contributed by atoms with Crippen LogP contribution >= 0.6 is 0 Å². The quantitative estimate of drug-likeness (QED) is 0.535. The largest absolute Gasteiger partial charge is 0.253 e. The molecule has 0 N–H and O–H groups in total. The topological polar surface area (TPSA) is 25.8 Å². The number of aromatic nitrogens is 2. The van der Waals surface area contributed by atoms with E-state index >= 15 is 0 Å². The van der Waals surface area contributed by atoms with Crippen LogP contribution in [-0.2, 0) is 0 Å². The van der Waals surface area contributed by atoms with Crippen LogP contribution < -0.4 is 0 Å². The average Bonchev–Trinajstić information content (AvgIpc) is 2.17. The highest BCUT2D eigenvalue weighted by atomic mass is 14.7. The van der Waals surface area contributed by atoms with Crippen LogP contribution in [0, 0.1) is 18.5 Å². The summed E-state index contributed by atoms with van der Waals surface area (Å²) in [7, 11) is 0. The van der Waals surface area contributed by atoms with Gasteiger partial charge in [0, 0.05) is 11.8 Å². The van der Waals surface area contributed by atoms with Gasteiger partial charge < -0.3 is 0 Å². The first-order chi connectivity index (χ1) is 5.90. The molecule has 55 valence electrons. The molecule has 0 bridgehead atoms. The number of rotatable bonds is 0. The molecule has 0 aliphatic heterocycles. The molecule has 2 nitrogen and oxygen atoms in total. The van der Waals surface area contributed by atoms with Gasteiger partial charge in [-0.25, -0.2) is 4.98 Å². The summed E-state index contributed by atoms with van der Waals surface area (Å²) in [6, 6.07) is 5.40. The molecule has 2 aromatic rings. The lowest BCUT2D eigenvalue weighted by Gasteiger charge is -1.94. The minimum atomic E-state index is 0.745. The Labute approximate surface area is 70.3 Å². The number of terminal acetylenes is 1. The molecular formula is C10H5N2. The predicted molar refractivity (Wildman–Crippen MR) is 46.3 cm³/mol. The molecule has 0 fully saturated rings. The molecule has 0 aliphatic rings. The van der Waals surface area contributed by atoms with Crippen LogP contribution in [0.3, 0.4) is 0 Å². The summed E-state index contributed by atoms with van der Waals surface area (Å²) >= 11 is 0. The van der Waals surface area contributed by atoms with Crippen molar-refractivity contribution in [2.75, 3.05) is 0 Å². The third-order valence-electron chi connectivity index (χ3n) is 1.56. The van der Waals surface area contributed by atoms with Crippen LogP contribution in [0.4, 0.5) is 0 Å². The Hall–Kier alpha value is -1.88. The molecule has 0 saturated carbocycles. The van der Waals surface area contributed by atoms with E-state index in [0.29, 0.717) is 0 Å². The second kappa shape index (κ2) is 2.63. The molecule has 0 atom stereocenters. The molecule has 0 aliphatic carbocycles. The van der Waals surface area contributed by atoms with Gasteiger partial charge >= 0.3 is 0 Å². The van der Waals surface area contributed by atoms with Gasteiger partial charge in [-0.1, -0.05) is 5.92 Å². The van der Waals surface area contributed by atoms with E-state index in [9.17, 15) is 0 Å². The second-order valence-corrected chi connectivity index (χ2v) is 2.35. The van der Waals surface area contributed by atoms with Crippen molar-refractivity contribution in [3.63, 3.8) is 0 Å². The average molecular weight is 153 g/mol. The van der Waals surface area contributed by atoms with Crippen molar-refractivity contribution in [2.45, 2.75) is 0 Å². The third-order valence-corrected chi connectivity index (χ3v) is 1.56. The zero-order chi connectivity index (χ0) is 8.39. The van der Waals surface area contributed by atoms with Gasteiger partial charge in [0.05, 0.1) is 17.2 Å². The zero-order valence-electron chi connectivity index (χ0n) is 6.28. The molecule has 0 aromatic carbocycles. The van der Waals surface area contributed by atoms with Crippen molar-refractivity contribution in [3.05, 3.63) is 36.2 Å². The van der Waals surface area contributed by atoms with Crippen molar-refractivity contribution < 1.29 is 0 Å². The van der Waals surface area contributed by atoms with Crippen LogP contribution in [0.5, 0.6) is 0 Å². The van der Waals surface area contributed by atoms with Gasteiger partial charge in [-0.3, -0.25) is 4.98 Å². The smallest absolute Gasteiger partial charge is 0.0907 e. The molecule has 0 saturated heterocycles. The van der Waals surface area contributed by atoms with Crippen molar-refractivity contribution in [3.8, 4) is 12.3 Å². The first-order valence-corrected chi connectivity index (χ1v) is 3.49. The first kappa shape index (κ1) is 6.81. The van der Waals surface area contributed by atoms with Gasteiger partial charge in [0.25, 0.3) is 0 Å². The van der Waals surface area contributed by atoms with Gasteiger partial charge in [0.1, 0.15) is 0 Å². The Bertz CT molecular complexity index is 455. The number of hydrogen-bond donors (Lipinski definition) is 0. The van der Waals surface area contributed by atoms with Crippen molar-refractivity contribution in [1.82, 2.24) is 9.97 Å². The third kappa shape index (κ3) is 1.02. The van der Waals surface area contributed by atoms with Crippen LogP contribution in [-0.4, -0.2) is 9.97 Å². The van der Waals surface area contributed by atoms with Gasteiger partial charge in [-0.05, 0) is 18.2 Å². The summed E-state index contributed by atoms with van der Waals surface area (Å²) in [5.74, 6) is 2.50. The van der Waals surface area contributed by atoms with Crippen LogP contribution in [0.15, 0.2) is 24.4 Å². The second-order valence-electron chi connectivity index (χ2n) is 2.35. The van der Waals surface area contributed by atoms with E-state index in [1.807, 2.05) is 12.1 Å². The molecule has 2 heterocycles. The van der Waals surface area contributed by atoms with Crippen LogP contribution in [0.25, 0.3) is 11.0 Å². The van der Waals surface area contributed by atoms with E-state index in [4.69, 9.17) is 6.42 Å². The summed E-state index contributed by atoms with van der Waals surface area (Å²) in [5.41, 5.74) is 2.37. The van der Waals surface area contributed by atoms with Gasteiger partial charge in [-0.2, -0.15) is 0 Å². The SMILES string of the molecule is C#Cc1cnc2cc[c]nc2c1. The number of pyridine rings is 2. The van der Waals surface area contributed by atoms with E-state index in [-0.39, 0.29) is 0 Å². The zero-order valence-corrected chi connectivity index (χ0v) is 6.28. The summed E-state index contributed by atoms with van der Waals surface area (Å²) < 4.78 is 0. The molecule has 2 heteroatoms. The summed E-state index contributed by atoms with van der Waals surface area (Å²) in [5, 5.41) is 0. The maximum atomic E-state index is 5.21. The summed E-state index contributed by atoms with van der Waals surface area (Å²) in [6.07, 6.45) is 9.60. The Morgan fingerprint density at radius 2 is 2.33 bits per heavy atom. The lowest BCUT2D eigenvalue weighted by Crippen LogP contribution is -1.83. The van der Waals surface area contributed by atoms with Crippen LogP contribution in [0.2, 0.25) is 0 Å². The fourth-order valence-corrected chi connectivity index (χ4v) is 0.984. The van der Waals surface area contributed by atoms with E-state index in [0.717, 1.165) is 16.6 Å². The Morgan fingerprint density at radius 3 is 3.17 bits per heavy atom. The molecule has 12 heavy (non-hydrogen) atoms. The summed E-state index contributed by atoms with van der Waals surface area (Å²) in [4.78, 5) is 8.13. The first-order valence-electron chi connectivity index (χ1n) is 3.49. The standard InChI is InChI=1S/C10H5N2/c1-2-8-6-10-9(12-7-8)4-3-5-11-10/h1,3-4,6-7H. The molecule has 0 spiro atoms. The molecular weight excluding hydrogens is 148 g/mol. The number of hydrogen-bond acceptors (Lipinski definition) is 2. The minimum absolute atomic E-state index is 0.745. The minimum Gasteiger partial charge on any atom is -0.253 e. The Balaban J connectivity index is 2.78. The Kier molecular flexibility index (Phi) is 1.49. The monoisotopic (exact) mass is 153 g/mol. The molecule has 1 radical (unpaired) electrons. The maximum Gasteiger partial charge on any atom is 0.0907 e. The highest BCUT2D eigenvalue weighted by molar-refractivity contribution is 5.74. The fraction of sp³-hybridized carbons (Fsp3) is 0. The predicted octanol–water partition coefficient (Wildman–Crippen LogP) is 1.41. The van der Waals surface area contributed by atoms with E-state index in [1.54, 1.807) is 12.3 Å². The van der Waals surface area contributed by atoms with Gasteiger partial charge in [0.2, 0.25) is 0 Å². The van der Waals surface area contributed by atoms with E-state index < -0.39 is 0 Å². The molecule has 2 rings (SSSR count). The lowest BCUT2D eigenvalue weighted by atomic mass is 10.2. The van der Waals surface area contributed by atoms with Crippen LogP contribution in [0.1, 0.15) is 5.56 Å². The van der Waals surface area contributed by atoms with Crippen molar-refractivity contribution >= 4 is 11.0 Å². The normalized spacial score (nSPS) is 9.58. The molecule has 2 aromatic heterocycles. The molecule has 0 amide bonds. The fourth-order valence-electron chi connectivity index (χ4n) is 0.984. The van der Waals surface area contributed by atoms with Crippen molar-refractivity contribution in [1.29, 1.82) is 0 Å².